The number of tetrazole rings is 1. The smallest absolute Gasteiger partial charge is 0.325 e. The van der Waals surface area contributed by atoms with Gasteiger partial charge in [-0.2, -0.15) is 0 Å². The van der Waals surface area contributed by atoms with Crippen LogP contribution in [-0.4, -0.2) is 48.6 Å². The number of nitrogens with zero attached hydrogens (tertiary/aromatic N) is 4. The third kappa shape index (κ3) is 2.66. The number of aliphatic carboxylic acids is 1. The van der Waals surface area contributed by atoms with Crippen molar-refractivity contribution >= 4 is 17.7 Å². The zero-order valence-corrected chi connectivity index (χ0v) is 12.6. The molecule has 3 saturated carbocycles. The molecule has 0 aliphatic heterocycles. The number of nitrogens with one attached hydrogen (secondary N) is 1. The first-order valence-corrected chi connectivity index (χ1v) is 8.59. The lowest BCUT2D eigenvalue weighted by molar-refractivity contribution is -0.145. The van der Waals surface area contributed by atoms with E-state index in [0.717, 1.165) is 43.7 Å². The monoisotopic (exact) mass is 309 g/mol. The van der Waals surface area contributed by atoms with Gasteiger partial charge in [0.25, 0.3) is 0 Å². The van der Waals surface area contributed by atoms with Gasteiger partial charge in [0, 0.05) is 11.8 Å². The van der Waals surface area contributed by atoms with Gasteiger partial charge in [-0.1, -0.05) is 11.8 Å². The van der Waals surface area contributed by atoms with Crippen molar-refractivity contribution in [2.45, 2.75) is 61.3 Å². The van der Waals surface area contributed by atoms with E-state index < -0.39 is 11.5 Å². The minimum absolute atomic E-state index is 0.244. The summed E-state index contributed by atoms with van der Waals surface area (Å²) in [6.07, 6.45) is 6.41. The summed E-state index contributed by atoms with van der Waals surface area (Å²) in [5.74, 6) is 0.0135. The summed E-state index contributed by atoms with van der Waals surface area (Å²) in [5.41, 5.74) is -0.813. The van der Waals surface area contributed by atoms with E-state index in [-0.39, 0.29) is 5.92 Å². The minimum atomic E-state index is -0.813. The molecule has 114 valence electrons. The van der Waals surface area contributed by atoms with Crippen LogP contribution in [0.3, 0.4) is 0 Å². The van der Waals surface area contributed by atoms with Gasteiger partial charge in [-0.3, -0.25) is 10.1 Å². The highest BCUT2D eigenvalue weighted by Crippen LogP contribution is 2.44. The van der Waals surface area contributed by atoms with Gasteiger partial charge >= 0.3 is 5.97 Å². The van der Waals surface area contributed by atoms with E-state index in [0.29, 0.717) is 17.8 Å². The molecule has 3 aliphatic rings. The van der Waals surface area contributed by atoms with Crippen LogP contribution in [0.15, 0.2) is 5.16 Å². The molecule has 0 radical (unpaired) electrons. The van der Waals surface area contributed by atoms with Crippen molar-refractivity contribution in [3.63, 3.8) is 0 Å². The van der Waals surface area contributed by atoms with Crippen LogP contribution < -0.4 is 5.32 Å². The molecule has 0 saturated heterocycles. The molecule has 4 rings (SSSR count). The fourth-order valence-corrected chi connectivity index (χ4v) is 3.96. The predicted octanol–water partition coefficient (Wildman–Crippen LogP) is 1.09. The highest BCUT2D eigenvalue weighted by Gasteiger charge is 2.53. The number of carbonyl (C=O) groups is 1. The van der Waals surface area contributed by atoms with Crippen molar-refractivity contribution in [3.8, 4) is 0 Å². The molecule has 21 heavy (non-hydrogen) atoms. The summed E-state index contributed by atoms with van der Waals surface area (Å²) in [6, 6.07) is 0.792. The molecule has 3 fully saturated rings. The largest absolute Gasteiger partial charge is 0.480 e. The Hall–Kier alpha value is -1.15. The molecular weight excluding hydrogens is 290 g/mol. The van der Waals surface area contributed by atoms with Crippen LogP contribution in [0.2, 0.25) is 0 Å². The molecule has 8 heteroatoms. The van der Waals surface area contributed by atoms with E-state index in [1.54, 1.807) is 0 Å². The van der Waals surface area contributed by atoms with Gasteiger partial charge in [-0.25, -0.2) is 4.68 Å². The van der Waals surface area contributed by atoms with E-state index in [2.05, 4.69) is 20.8 Å². The molecular formula is C13H19N5O2S. The van der Waals surface area contributed by atoms with Crippen molar-refractivity contribution in [2.75, 3.05) is 5.75 Å². The van der Waals surface area contributed by atoms with E-state index >= 15 is 0 Å². The summed E-state index contributed by atoms with van der Waals surface area (Å²) in [7, 11) is 0. The van der Waals surface area contributed by atoms with Gasteiger partial charge < -0.3 is 5.11 Å². The first-order valence-electron chi connectivity index (χ1n) is 7.61. The second kappa shape index (κ2) is 4.95. The molecule has 0 amide bonds. The average Bonchev–Trinajstić information content (AvgIpc) is 3.32. The molecule has 1 atom stereocenters. The normalized spacial score (nSPS) is 24.8. The van der Waals surface area contributed by atoms with Gasteiger partial charge in [0.05, 0.1) is 6.04 Å². The summed E-state index contributed by atoms with van der Waals surface area (Å²) in [4.78, 5) is 11.9. The van der Waals surface area contributed by atoms with Gasteiger partial charge in [0.2, 0.25) is 5.16 Å². The van der Waals surface area contributed by atoms with Crippen LogP contribution in [0.1, 0.15) is 44.6 Å². The zero-order chi connectivity index (χ0) is 14.4. The summed E-state index contributed by atoms with van der Waals surface area (Å²) >= 11 is 1.48. The van der Waals surface area contributed by atoms with Crippen LogP contribution in [0, 0.1) is 5.92 Å². The van der Waals surface area contributed by atoms with E-state index in [1.165, 1.54) is 11.8 Å². The second-order valence-electron chi connectivity index (χ2n) is 6.40. The van der Waals surface area contributed by atoms with Crippen molar-refractivity contribution < 1.29 is 9.90 Å². The zero-order valence-electron chi connectivity index (χ0n) is 11.7. The fourth-order valence-electron chi connectivity index (χ4n) is 2.75. The molecule has 0 spiro atoms. The Kier molecular flexibility index (Phi) is 3.18. The second-order valence-corrected chi connectivity index (χ2v) is 7.34. The lowest BCUT2D eigenvalue weighted by atomic mass is 9.95. The number of carboxylic acids is 1. The molecule has 0 bridgehead atoms. The quantitative estimate of drug-likeness (QED) is 0.694. The first kappa shape index (κ1) is 13.5. The molecule has 7 nitrogen and oxygen atoms in total. The van der Waals surface area contributed by atoms with Gasteiger partial charge in [0.15, 0.2) is 0 Å². The first-order chi connectivity index (χ1) is 10.2. The SMILES string of the molecule is O=C(O)C(CSc1nnnn1C1CC1)(NC1CC1)C1CC1. The lowest BCUT2D eigenvalue weighted by Gasteiger charge is -2.30. The standard InChI is InChI=1S/C13H19N5O2S/c19-11(20)13(8-1-2-8,14-9-3-4-9)7-21-12-15-16-17-18(12)10-5-6-10/h8-10,14H,1-7H2,(H,19,20). The van der Waals surface area contributed by atoms with Crippen LogP contribution in [0.4, 0.5) is 0 Å². The highest BCUT2D eigenvalue weighted by molar-refractivity contribution is 7.99. The van der Waals surface area contributed by atoms with Crippen LogP contribution >= 0.6 is 11.8 Å². The molecule has 0 aromatic carbocycles. The van der Waals surface area contributed by atoms with Crippen molar-refractivity contribution in [2.24, 2.45) is 5.92 Å². The predicted molar refractivity (Wildman–Crippen MR) is 76.1 cm³/mol. The third-order valence-corrected chi connectivity index (χ3v) is 5.61. The molecule has 3 aliphatic carbocycles. The Morgan fingerprint density at radius 1 is 1.33 bits per heavy atom. The minimum Gasteiger partial charge on any atom is -0.480 e. The summed E-state index contributed by atoms with van der Waals surface area (Å²) in [6.45, 7) is 0. The molecule has 1 unspecified atom stereocenters. The summed E-state index contributed by atoms with van der Waals surface area (Å²) < 4.78 is 1.85. The lowest BCUT2D eigenvalue weighted by Crippen LogP contribution is -2.57. The summed E-state index contributed by atoms with van der Waals surface area (Å²) in [5, 5.41) is 25.8. The molecule has 1 aromatic heterocycles. The van der Waals surface area contributed by atoms with Crippen LogP contribution in [0.5, 0.6) is 0 Å². The van der Waals surface area contributed by atoms with Gasteiger partial charge in [0.1, 0.15) is 5.54 Å². The van der Waals surface area contributed by atoms with E-state index in [9.17, 15) is 9.90 Å². The molecule has 1 heterocycles. The number of hydrogen-bond donors (Lipinski definition) is 2. The number of rotatable bonds is 8. The van der Waals surface area contributed by atoms with Crippen molar-refractivity contribution in [3.05, 3.63) is 0 Å². The maximum absolute atomic E-state index is 11.9. The Balaban J connectivity index is 1.50. The average molecular weight is 309 g/mol. The number of hydrogen-bond acceptors (Lipinski definition) is 6. The van der Waals surface area contributed by atoms with Crippen molar-refractivity contribution in [1.82, 2.24) is 25.5 Å². The van der Waals surface area contributed by atoms with Gasteiger partial charge in [-0.05, 0) is 54.9 Å². The molecule has 1 aromatic rings. The molecule has 2 N–H and O–H groups in total. The maximum atomic E-state index is 11.9. The number of thioether (sulfide) groups is 1. The van der Waals surface area contributed by atoms with E-state index in [1.807, 2.05) is 4.68 Å². The Labute approximate surface area is 126 Å². The van der Waals surface area contributed by atoms with Crippen LogP contribution in [-0.2, 0) is 4.79 Å². The van der Waals surface area contributed by atoms with Gasteiger partial charge in [-0.15, -0.1) is 5.10 Å². The maximum Gasteiger partial charge on any atom is 0.325 e. The Bertz CT molecular complexity index is 553. The van der Waals surface area contributed by atoms with Crippen molar-refractivity contribution in [1.29, 1.82) is 0 Å². The number of aromatic nitrogens is 4. The highest BCUT2D eigenvalue weighted by atomic mass is 32.2. The Morgan fingerprint density at radius 2 is 2.10 bits per heavy atom. The Morgan fingerprint density at radius 3 is 2.67 bits per heavy atom. The third-order valence-electron chi connectivity index (χ3n) is 4.48. The van der Waals surface area contributed by atoms with Crippen LogP contribution in [0.25, 0.3) is 0 Å². The number of carboxylic acid groups (broad SMARTS) is 1. The fraction of sp³-hybridized carbons (Fsp3) is 0.846. The van der Waals surface area contributed by atoms with E-state index in [4.69, 9.17) is 0 Å². The topological polar surface area (TPSA) is 92.9 Å².